The second-order valence-electron chi connectivity index (χ2n) is 3.04. The third-order valence-electron chi connectivity index (χ3n) is 2.04. The summed E-state index contributed by atoms with van der Waals surface area (Å²) in [5, 5.41) is 0.758. The van der Waals surface area contributed by atoms with E-state index in [1.807, 2.05) is 0 Å². The second-order valence-corrected chi connectivity index (χ2v) is 10.7. The van der Waals surface area contributed by atoms with Gasteiger partial charge in [0.2, 0.25) is 0 Å². The number of rotatable bonds is 2. The van der Waals surface area contributed by atoms with Gasteiger partial charge in [-0.15, -0.1) is 0 Å². The number of nitrogen functional groups attached to an aromatic ring is 4. The summed E-state index contributed by atoms with van der Waals surface area (Å²) >= 11 is -0.268. The normalized spacial score (nSPS) is 19.4. The Morgan fingerprint density at radius 3 is 2.20 bits per heavy atom. The van der Waals surface area contributed by atoms with E-state index in [2.05, 4.69) is 9.24 Å². The average Bonchev–Trinajstić information content (AvgIpc) is 3.02. The molecule has 1 heterocycles. The zero-order valence-electron chi connectivity index (χ0n) is 7.83. The number of halogens is 1. The van der Waals surface area contributed by atoms with Gasteiger partial charge in [-0.2, -0.15) is 0 Å². The van der Waals surface area contributed by atoms with Crippen LogP contribution in [0.4, 0.5) is 22.7 Å². The molecule has 1 aliphatic rings. The summed E-state index contributed by atoms with van der Waals surface area (Å²) in [5.74, 6) is -0.249. The molecule has 15 heavy (non-hydrogen) atoms. The Bertz CT molecular complexity index is 395. The van der Waals surface area contributed by atoms with E-state index in [0.717, 1.165) is 15.2 Å². The molecular weight excluding hydrogens is 345 g/mol. The SMILES string of the molecule is Nc1c(N)c(P)c(N)c([I-]P2CO2)c1N. The van der Waals surface area contributed by atoms with Crippen LogP contribution in [-0.2, 0) is 4.52 Å². The standard InChI is InChI=1S/C7H12IN4OP2/c9-3-2(8-15-1-13-15)4(10)7(14)6(12)5(3)11/h1,9-12,14H2/q-1. The van der Waals surface area contributed by atoms with Gasteiger partial charge in [-0.25, -0.2) is 0 Å². The number of hydrogen-bond donors (Lipinski definition) is 4. The third kappa shape index (κ3) is 2.09. The van der Waals surface area contributed by atoms with Gasteiger partial charge in [-0.05, 0) is 0 Å². The van der Waals surface area contributed by atoms with E-state index < -0.39 is 0 Å². The first-order chi connectivity index (χ1) is 7.02. The van der Waals surface area contributed by atoms with Crippen molar-refractivity contribution in [3.8, 4) is 0 Å². The van der Waals surface area contributed by atoms with Crippen molar-refractivity contribution >= 4 is 43.1 Å². The van der Waals surface area contributed by atoms with Gasteiger partial charge in [0.05, 0.1) is 0 Å². The van der Waals surface area contributed by atoms with Crippen molar-refractivity contribution in [2.75, 3.05) is 29.3 Å². The van der Waals surface area contributed by atoms with E-state index in [0.29, 0.717) is 22.7 Å². The molecule has 1 aliphatic heterocycles. The fourth-order valence-electron chi connectivity index (χ4n) is 1.07. The Morgan fingerprint density at radius 1 is 1.07 bits per heavy atom. The summed E-state index contributed by atoms with van der Waals surface area (Å²) in [6, 6.07) is 0. The zero-order valence-corrected chi connectivity index (χ0v) is 12.0. The van der Waals surface area contributed by atoms with Crippen LogP contribution < -0.4 is 48.9 Å². The van der Waals surface area contributed by atoms with Crippen LogP contribution in [0.1, 0.15) is 0 Å². The molecular formula is C7H12IN4OP2-. The predicted octanol–water partition coefficient (Wildman–Crippen LogP) is -2.93. The molecule has 1 aromatic carbocycles. The first-order valence-electron chi connectivity index (χ1n) is 4.09. The van der Waals surface area contributed by atoms with Crippen LogP contribution in [0, 0.1) is 3.57 Å². The molecule has 8 heteroatoms. The number of nitrogens with two attached hydrogens (primary N) is 4. The molecule has 5 nitrogen and oxygen atoms in total. The topological polar surface area (TPSA) is 117 Å². The molecule has 0 radical (unpaired) electrons. The van der Waals surface area contributed by atoms with Crippen molar-refractivity contribution in [2.45, 2.75) is 0 Å². The average molecular weight is 357 g/mol. The van der Waals surface area contributed by atoms with Gasteiger partial charge >= 0.3 is 101 Å². The van der Waals surface area contributed by atoms with Crippen LogP contribution >= 0.6 is 15.0 Å². The molecule has 8 N–H and O–H groups in total. The van der Waals surface area contributed by atoms with E-state index >= 15 is 0 Å². The van der Waals surface area contributed by atoms with Gasteiger partial charge in [0.15, 0.2) is 0 Å². The minimum absolute atomic E-state index is 0.249. The van der Waals surface area contributed by atoms with Gasteiger partial charge in [0, 0.05) is 0 Å². The van der Waals surface area contributed by atoms with Crippen LogP contribution in [0.15, 0.2) is 0 Å². The Morgan fingerprint density at radius 2 is 1.67 bits per heavy atom. The van der Waals surface area contributed by atoms with Crippen LogP contribution in [-0.4, -0.2) is 6.35 Å². The fourth-order valence-corrected chi connectivity index (χ4v) is 8.02. The van der Waals surface area contributed by atoms with E-state index in [-0.39, 0.29) is 26.4 Å². The summed E-state index contributed by atoms with van der Waals surface area (Å²) in [5.41, 5.74) is 25.6. The van der Waals surface area contributed by atoms with Gasteiger partial charge in [0.25, 0.3) is 0 Å². The first kappa shape index (κ1) is 11.5. The van der Waals surface area contributed by atoms with Crippen molar-refractivity contribution in [1.82, 2.24) is 0 Å². The minimum atomic E-state index is -0.268. The molecule has 0 aromatic heterocycles. The summed E-state index contributed by atoms with van der Waals surface area (Å²) in [6.07, 6.45) is 0.873. The Balaban J connectivity index is 2.51. The molecule has 84 valence electrons. The maximum atomic E-state index is 5.98. The van der Waals surface area contributed by atoms with Crippen molar-refractivity contribution in [2.24, 2.45) is 0 Å². The molecule has 1 fully saturated rings. The van der Waals surface area contributed by atoms with E-state index in [4.69, 9.17) is 27.5 Å². The Labute approximate surface area is 101 Å². The molecule has 0 bridgehead atoms. The Kier molecular flexibility index (Phi) is 3.12. The van der Waals surface area contributed by atoms with Crippen LogP contribution in [0.3, 0.4) is 0 Å². The molecule has 1 saturated heterocycles. The van der Waals surface area contributed by atoms with Crippen LogP contribution in [0.2, 0.25) is 0 Å². The third-order valence-corrected chi connectivity index (χ3v) is 9.37. The second kappa shape index (κ2) is 4.09. The molecule has 2 unspecified atom stereocenters. The molecule has 2 atom stereocenters. The van der Waals surface area contributed by atoms with Gasteiger partial charge in [-0.1, -0.05) is 0 Å². The molecule has 0 amide bonds. The zero-order chi connectivity index (χ0) is 11.2. The Hall–Kier alpha value is -0.0300. The van der Waals surface area contributed by atoms with Gasteiger partial charge in [-0.3, -0.25) is 0 Å². The number of hydrogen-bond acceptors (Lipinski definition) is 5. The van der Waals surface area contributed by atoms with Gasteiger partial charge in [0.1, 0.15) is 0 Å². The number of benzene rings is 1. The predicted molar refractivity (Wildman–Crippen MR) is 65.0 cm³/mol. The number of anilines is 4. The van der Waals surface area contributed by atoms with Gasteiger partial charge < -0.3 is 0 Å². The van der Waals surface area contributed by atoms with Crippen molar-refractivity contribution in [3.63, 3.8) is 0 Å². The van der Waals surface area contributed by atoms with Crippen LogP contribution in [0.5, 0.6) is 0 Å². The van der Waals surface area contributed by atoms with Crippen molar-refractivity contribution < 1.29 is 25.2 Å². The molecule has 2 rings (SSSR count). The van der Waals surface area contributed by atoms with E-state index in [9.17, 15) is 0 Å². The van der Waals surface area contributed by atoms with E-state index in [1.54, 1.807) is 0 Å². The van der Waals surface area contributed by atoms with Crippen molar-refractivity contribution in [1.29, 1.82) is 0 Å². The van der Waals surface area contributed by atoms with Crippen LogP contribution in [0.25, 0.3) is 0 Å². The summed E-state index contributed by atoms with van der Waals surface area (Å²) in [7, 11) is 2.52. The van der Waals surface area contributed by atoms with E-state index in [1.165, 1.54) is 0 Å². The molecule has 0 aliphatic carbocycles. The monoisotopic (exact) mass is 357 g/mol. The molecule has 1 aromatic rings. The summed E-state index contributed by atoms with van der Waals surface area (Å²) in [4.78, 5) is 0. The molecule has 0 saturated carbocycles. The summed E-state index contributed by atoms with van der Waals surface area (Å²) < 4.78 is 6.24. The summed E-state index contributed by atoms with van der Waals surface area (Å²) in [6.45, 7) is 0. The fraction of sp³-hybridized carbons (Fsp3) is 0.143. The van der Waals surface area contributed by atoms with Crippen molar-refractivity contribution in [3.05, 3.63) is 3.57 Å². The molecule has 0 spiro atoms. The first-order valence-corrected chi connectivity index (χ1v) is 9.98. The maximum absolute atomic E-state index is 5.98. The quantitative estimate of drug-likeness (QED) is 0.196.